The fourth-order valence-corrected chi connectivity index (χ4v) is 2.37. The molecule has 0 bridgehead atoms. The predicted molar refractivity (Wildman–Crippen MR) is 68.9 cm³/mol. The molecule has 1 fully saturated rings. The summed E-state index contributed by atoms with van der Waals surface area (Å²) in [5.41, 5.74) is 6.98. The molecule has 0 aromatic carbocycles. The zero-order valence-electron chi connectivity index (χ0n) is 10.3. The summed E-state index contributed by atoms with van der Waals surface area (Å²) in [6.07, 6.45) is 5.20. The lowest BCUT2D eigenvalue weighted by Gasteiger charge is -2.35. The minimum atomic E-state index is 0.0223. The molecule has 1 aromatic rings. The van der Waals surface area contributed by atoms with Gasteiger partial charge in [0.1, 0.15) is 5.82 Å². The van der Waals surface area contributed by atoms with Crippen LogP contribution >= 0.6 is 0 Å². The van der Waals surface area contributed by atoms with Crippen molar-refractivity contribution in [2.45, 2.75) is 38.3 Å². The van der Waals surface area contributed by atoms with E-state index in [4.69, 9.17) is 5.73 Å². The van der Waals surface area contributed by atoms with Gasteiger partial charge in [0.15, 0.2) is 0 Å². The summed E-state index contributed by atoms with van der Waals surface area (Å²) in [4.78, 5) is 6.61. The quantitative estimate of drug-likeness (QED) is 0.832. The summed E-state index contributed by atoms with van der Waals surface area (Å²) in [6.45, 7) is 3.14. The molecule has 1 aliphatic rings. The molecule has 0 aliphatic carbocycles. The van der Waals surface area contributed by atoms with Crippen LogP contribution in [0.2, 0.25) is 0 Å². The number of pyridine rings is 1. The van der Waals surface area contributed by atoms with Crippen molar-refractivity contribution in [2.24, 2.45) is 5.73 Å². The van der Waals surface area contributed by atoms with Crippen molar-refractivity contribution in [1.82, 2.24) is 4.98 Å². The van der Waals surface area contributed by atoms with Crippen molar-refractivity contribution in [1.29, 1.82) is 0 Å². The highest BCUT2D eigenvalue weighted by Gasteiger charge is 2.22. The summed E-state index contributed by atoms with van der Waals surface area (Å²) in [7, 11) is 0. The molecular formula is C13H21N3O. The minimum absolute atomic E-state index is 0.0223. The number of aliphatic hydroxyl groups is 1. The number of nitrogens with two attached hydrogens (primary N) is 1. The lowest BCUT2D eigenvalue weighted by molar-refractivity contribution is 0.239. The Bertz CT molecular complexity index is 367. The van der Waals surface area contributed by atoms with Crippen molar-refractivity contribution >= 4 is 5.82 Å². The fourth-order valence-electron chi connectivity index (χ4n) is 2.37. The molecule has 1 aromatic heterocycles. The average Bonchev–Trinajstić information content (AvgIpc) is 2.39. The first-order valence-electron chi connectivity index (χ1n) is 6.31. The maximum absolute atomic E-state index is 9.41. The number of nitrogens with zero attached hydrogens (tertiary/aromatic N) is 2. The summed E-state index contributed by atoms with van der Waals surface area (Å²) in [6, 6.07) is 4.22. The minimum Gasteiger partial charge on any atom is -0.394 e. The molecule has 2 heterocycles. The van der Waals surface area contributed by atoms with Crippen molar-refractivity contribution in [2.75, 3.05) is 18.1 Å². The van der Waals surface area contributed by atoms with Crippen LogP contribution in [0, 0.1) is 0 Å². The lowest BCUT2D eigenvalue weighted by Crippen LogP contribution is -2.42. The molecule has 2 rings (SSSR count). The highest BCUT2D eigenvalue weighted by atomic mass is 16.3. The van der Waals surface area contributed by atoms with Crippen LogP contribution in [0.1, 0.15) is 37.8 Å². The number of aliphatic hydroxyl groups excluding tert-OH is 1. The Labute approximate surface area is 102 Å². The van der Waals surface area contributed by atoms with Crippen LogP contribution in [0.5, 0.6) is 0 Å². The fraction of sp³-hybridized carbons (Fsp3) is 0.615. The zero-order chi connectivity index (χ0) is 12.3. The number of rotatable bonds is 3. The van der Waals surface area contributed by atoms with Gasteiger partial charge in [0.05, 0.1) is 12.6 Å². The molecule has 4 nitrogen and oxygen atoms in total. The topological polar surface area (TPSA) is 62.4 Å². The number of hydrogen-bond acceptors (Lipinski definition) is 4. The molecule has 0 radical (unpaired) electrons. The maximum Gasteiger partial charge on any atom is 0.129 e. The van der Waals surface area contributed by atoms with Crippen LogP contribution in [0.15, 0.2) is 18.3 Å². The van der Waals surface area contributed by atoms with Crippen LogP contribution in [-0.2, 0) is 0 Å². The van der Waals surface area contributed by atoms with Gasteiger partial charge in [-0.15, -0.1) is 0 Å². The van der Waals surface area contributed by atoms with Gasteiger partial charge in [-0.2, -0.15) is 0 Å². The molecular weight excluding hydrogens is 214 g/mol. The van der Waals surface area contributed by atoms with Gasteiger partial charge in [-0.3, -0.25) is 0 Å². The van der Waals surface area contributed by atoms with E-state index >= 15 is 0 Å². The molecule has 0 saturated carbocycles. The Morgan fingerprint density at radius 2 is 2.41 bits per heavy atom. The first-order chi connectivity index (χ1) is 8.22. The normalized spacial score (nSPS) is 22.5. The third-order valence-electron chi connectivity index (χ3n) is 3.43. The number of aromatic nitrogens is 1. The third-order valence-corrected chi connectivity index (χ3v) is 3.43. The van der Waals surface area contributed by atoms with Crippen molar-refractivity contribution in [3.05, 3.63) is 23.9 Å². The van der Waals surface area contributed by atoms with E-state index < -0.39 is 0 Å². The van der Waals surface area contributed by atoms with Crippen LogP contribution < -0.4 is 10.6 Å². The van der Waals surface area contributed by atoms with Gasteiger partial charge >= 0.3 is 0 Å². The first kappa shape index (κ1) is 12.3. The van der Waals surface area contributed by atoms with Crippen LogP contribution in [0.3, 0.4) is 0 Å². The molecule has 0 amide bonds. The molecule has 4 heteroatoms. The maximum atomic E-state index is 9.41. The third kappa shape index (κ3) is 2.76. The smallest absolute Gasteiger partial charge is 0.129 e. The van der Waals surface area contributed by atoms with Gasteiger partial charge in [0.25, 0.3) is 0 Å². The van der Waals surface area contributed by atoms with Gasteiger partial charge in [-0.25, -0.2) is 4.98 Å². The molecule has 2 atom stereocenters. The SMILES string of the molecule is C[C@H](N)c1ccnc(N2CCCCC2CO)c1. The molecule has 1 aliphatic heterocycles. The van der Waals surface area contributed by atoms with Gasteiger partial charge < -0.3 is 15.7 Å². The van der Waals surface area contributed by atoms with E-state index in [1.807, 2.05) is 19.1 Å². The Kier molecular flexibility index (Phi) is 3.97. The van der Waals surface area contributed by atoms with Crippen molar-refractivity contribution in [3.63, 3.8) is 0 Å². The number of hydrogen-bond donors (Lipinski definition) is 2. The lowest BCUT2D eigenvalue weighted by atomic mass is 10.0. The van der Waals surface area contributed by atoms with E-state index in [2.05, 4.69) is 9.88 Å². The van der Waals surface area contributed by atoms with Gasteiger partial charge in [0, 0.05) is 18.8 Å². The van der Waals surface area contributed by atoms with E-state index in [0.29, 0.717) is 0 Å². The predicted octanol–water partition coefficient (Wildman–Crippen LogP) is 1.45. The molecule has 1 unspecified atom stereocenters. The first-order valence-corrected chi connectivity index (χ1v) is 6.31. The van der Waals surface area contributed by atoms with Gasteiger partial charge in [-0.05, 0) is 43.9 Å². The second-order valence-corrected chi connectivity index (χ2v) is 4.76. The van der Waals surface area contributed by atoms with Crippen LogP contribution in [0.4, 0.5) is 5.82 Å². The largest absolute Gasteiger partial charge is 0.394 e. The summed E-state index contributed by atoms with van der Waals surface area (Å²) in [5.74, 6) is 0.943. The Morgan fingerprint density at radius 1 is 1.59 bits per heavy atom. The summed E-state index contributed by atoms with van der Waals surface area (Å²) < 4.78 is 0. The second kappa shape index (κ2) is 5.47. The molecule has 17 heavy (non-hydrogen) atoms. The summed E-state index contributed by atoms with van der Waals surface area (Å²) >= 11 is 0. The molecule has 94 valence electrons. The number of anilines is 1. The Morgan fingerprint density at radius 3 is 3.12 bits per heavy atom. The summed E-state index contributed by atoms with van der Waals surface area (Å²) in [5, 5.41) is 9.41. The Hall–Kier alpha value is -1.13. The van der Waals surface area contributed by atoms with E-state index in [9.17, 15) is 5.11 Å². The standard InChI is InChI=1S/C13H21N3O/c1-10(14)11-5-6-15-13(8-11)16-7-3-2-4-12(16)9-17/h5-6,8,10,12,17H,2-4,7,9,14H2,1H3/t10-,12?/m0/s1. The zero-order valence-corrected chi connectivity index (χ0v) is 10.3. The molecule has 1 saturated heterocycles. The van der Waals surface area contributed by atoms with E-state index in [1.54, 1.807) is 6.20 Å². The van der Waals surface area contributed by atoms with Gasteiger partial charge in [-0.1, -0.05) is 0 Å². The highest BCUT2D eigenvalue weighted by molar-refractivity contribution is 5.43. The number of piperidine rings is 1. The van der Waals surface area contributed by atoms with E-state index in [1.165, 1.54) is 12.8 Å². The second-order valence-electron chi connectivity index (χ2n) is 4.76. The van der Waals surface area contributed by atoms with Crippen molar-refractivity contribution < 1.29 is 5.11 Å². The highest BCUT2D eigenvalue weighted by Crippen LogP contribution is 2.24. The Balaban J connectivity index is 2.22. The van der Waals surface area contributed by atoms with E-state index in [-0.39, 0.29) is 18.7 Å². The van der Waals surface area contributed by atoms with Crippen LogP contribution in [-0.4, -0.2) is 29.3 Å². The van der Waals surface area contributed by atoms with Crippen molar-refractivity contribution in [3.8, 4) is 0 Å². The molecule has 3 N–H and O–H groups in total. The monoisotopic (exact) mass is 235 g/mol. The average molecular weight is 235 g/mol. The molecule has 0 spiro atoms. The van der Waals surface area contributed by atoms with E-state index in [0.717, 1.165) is 24.3 Å². The van der Waals surface area contributed by atoms with Crippen LogP contribution in [0.25, 0.3) is 0 Å². The van der Waals surface area contributed by atoms with Gasteiger partial charge in [0.2, 0.25) is 0 Å².